The summed E-state index contributed by atoms with van der Waals surface area (Å²) in [7, 11) is 0. The summed E-state index contributed by atoms with van der Waals surface area (Å²) in [6, 6.07) is 1.80. The molecule has 1 amide bonds. The van der Waals surface area contributed by atoms with Crippen molar-refractivity contribution in [3.63, 3.8) is 0 Å². The van der Waals surface area contributed by atoms with E-state index in [0.717, 1.165) is 12.2 Å². The number of nitrogens with one attached hydrogen (secondary N) is 1. The van der Waals surface area contributed by atoms with Crippen LogP contribution in [-0.4, -0.2) is 47.1 Å². The van der Waals surface area contributed by atoms with Crippen molar-refractivity contribution in [1.82, 2.24) is 9.88 Å². The van der Waals surface area contributed by atoms with E-state index in [1.807, 2.05) is 13.8 Å². The van der Waals surface area contributed by atoms with Crippen LogP contribution < -0.4 is 5.32 Å². The number of anilines is 1. The van der Waals surface area contributed by atoms with Crippen molar-refractivity contribution >= 4 is 11.6 Å². The summed E-state index contributed by atoms with van der Waals surface area (Å²) < 4.78 is 0. The summed E-state index contributed by atoms with van der Waals surface area (Å²) in [6.07, 6.45) is 3.84. The topological polar surface area (TPSA) is 65.5 Å². The first kappa shape index (κ1) is 14.4. The van der Waals surface area contributed by atoms with E-state index in [2.05, 4.69) is 10.3 Å². The van der Waals surface area contributed by atoms with Crippen molar-refractivity contribution in [3.05, 3.63) is 24.0 Å². The van der Waals surface area contributed by atoms with Crippen LogP contribution in [0.25, 0.3) is 0 Å². The Morgan fingerprint density at radius 2 is 2.28 bits per heavy atom. The molecule has 0 radical (unpaired) electrons. The van der Waals surface area contributed by atoms with Crippen molar-refractivity contribution in [2.75, 3.05) is 31.6 Å². The van der Waals surface area contributed by atoms with E-state index in [1.165, 1.54) is 0 Å². The highest BCUT2D eigenvalue weighted by molar-refractivity contribution is 5.99. The Hall–Kier alpha value is -1.62. The molecule has 5 nitrogen and oxygen atoms in total. The van der Waals surface area contributed by atoms with Gasteiger partial charge in [-0.25, -0.2) is 0 Å². The zero-order valence-electron chi connectivity index (χ0n) is 11.0. The lowest BCUT2D eigenvalue weighted by Crippen LogP contribution is -2.32. The molecule has 0 spiro atoms. The summed E-state index contributed by atoms with van der Waals surface area (Å²) in [4.78, 5) is 18.1. The van der Waals surface area contributed by atoms with Gasteiger partial charge >= 0.3 is 0 Å². The number of carbonyl (C=O) groups is 1. The van der Waals surface area contributed by atoms with Crippen LogP contribution in [0.1, 0.15) is 30.6 Å². The van der Waals surface area contributed by atoms with E-state index in [1.54, 1.807) is 23.4 Å². The molecule has 0 aliphatic carbocycles. The van der Waals surface area contributed by atoms with E-state index in [9.17, 15) is 4.79 Å². The van der Waals surface area contributed by atoms with Crippen LogP contribution in [0.15, 0.2) is 18.5 Å². The lowest BCUT2D eigenvalue weighted by molar-refractivity contribution is 0.0755. The van der Waals surface area contributed by atoms with Crippen LogP contribution in [0, 0.1) is 0 Å². The molecule has 0 aliphatic rings. The average molecular weight is 251 g/mol. The second-order valence-electron chi connectivity index (χ2n) is 3.91. The Bertz CT molecular complexity index is 382. The minimum atomic E-state index is -0.0463. The molecule has 1 aromatic heterocycles. The Kier molecular flexibility index (Phi) is 6.14. The predicted octanol–water partition coefficient (Wildman–Crippen LogP) is 1.36. The van der Waals surface area contributed by atoms with E-state index in [0.29, 0.717) is 25.1 Å². The Morgan fingerprint density at radius 3 is 2.89 bits per heavy atom. The molecule has 1 heterocycles. The molecular formula is C13H21N3O2. The second-order valence-corrected chi connectivity index (χ2v) is 3.91. The maximum atomic E-state index is 12.3. The normalized spacial score (nSPS) is 10.2. The lowest BCUT2D eigenvalue weighted by atomic mass is 10.2. The zero-order valence-corrected chi connectivity index (χ0v) is 11.0. The first-order valence-corrected chi connectivity index (χ1v) is 6.32. The zero-order chi connectivity index (χ0) is 13.4. The molecular weight excluding hydrogens is 230 g/mol. The summed E-state index contributed by atoms with van der Waals surface area (Å²) in [6.45, 7) is 5.95. The second kappa shape index (κ2) is 7.66. The molecule has 18 heavy (non-hydrogen) atoms. The number of aromatic nitrogens is 1. The highest BCUT2D eigenvalue weighted by Crippen LogP contribution is 2.15. The average Bonchev–Trinajstić information content (AvgIpc) is 2.40. The quantitative estimate of drug-likeness (QED) is 0.768. The number of pyridine rings is 1. The number of rotatable bonds is 7. The summed E-state index contributed by atoms with van der Waals surface area (Å²) >= 11 is 0. The van der Waals surface area contributed by atoms with E-state index >= 15 is 0 Å². The van der Waals surface area contributed by atoms with Gasteiger partial charge in [-0.15, -0.1) is 0 Å². The van der Waals surface area contributed by atoms with Crippen LogP contribution in [0.4, 0.5) is 5.69 Å². The van der Waals surface area contributed by atoms with Gasteiger partial charge in [-0.2, -0.15) is 0 Å². The Balaban J connectivity index is 2.86. The fraction of sp³-hybridized carbons (Fsp3) is 0.538. The smallest absolute Gasteiger partial charge is 0.257 e. The van der Waals surface area contributed by atoms with Gasteiger partial charge in [-0.3, -0.25) is 9.78 Å². The molecule has 2 N–H and O–H groups in total. The number of carbonyl (C=O) groups excluding carboxylic acids is 1. The molecule has 5 heteroatoms. The lowest BCUT2D eigenvalue weighted by Gasteiger charge is -2.21. The van der Waals surface area contributed by atoms with Gasteiger partial charge < -0.3 is 15.3 Å². The highest BCUT2D eigenvalue weighted by Gasteiger charge is 2.17. The number of hydrogen-bond acceptors (Lipinski definition) is 4. The maximum Gasteiger partial charge on any atom is 0.257 e. The van der Waals surface area contributed by atoms with Crippen molar-refractivity contribution in [2.45, 2.75) is 20.3 Å². The van der Waals surface area contributed by atoms with Gasteiger partial charge in [0.15, 0.2) is 0 Å². The largest absolute Gasteiger partial charge is 0.396 e. The van der Waals surface area contributed by atoms with E-state index in [4.69, 9.17) is 5.11 Å². The minimum absolute atomic E-state index is 0.0463. The van der Waals surface area contributed by atoms with Gasteiger partial charge in [0.2, 0.25) is 0 Å². The van der Waals surface area contributed by atoms with Crippen LogP contribution in [0.3, 0.4) is 0 Å². The molecule has 1 rings (SSSR count). The summed E-state index contributed by atoms with van der Waals surface area (Å²) in [5, 5.41) is 12.0. The molecule has 0 unspecified atom stereocenters. The number of amides is 1. The van der Waals surface area contributed by atoms with Crippen molar-refractivity contribution in [2.24, 2.45) is 0 Å². The summed E-state index contributed by atoms with van der Waals surface area (Å²) in [5.41, 5.74) is 1.39. The SMILES string of the molecule is CCNc1ccncc1C(=O)N(CC)CCCO. The fourth-order valence-electron chi connectivity index (χ4n) is 1.74. The first-order chi connectivity index (χ1) is 8.74. The van der Waals surface area contributed by atoms with Gasteiger partial charge in [0.25, 0.3) is 5.91 Å². The third kappa shape index (κ3) is 3.70. The third-order valence-corrected chi connectivity index (χ3v) is 2.67. The summed E-state index contributed by atoms with van der Waals surface area (Å²) in [5.74, 6) is -0.0463. The van der Waals surface area contributed by atoms with Crippen LogP contribution in [-0.2, 0) is 0 Å². The van der Waals surface area contributed by atoms with Crippen molar-refractivity contribution in [1.29, 1.82) is 0 Å². The third-order valence-electron chi connectivity index (χ3n) is 2.67. The van der Waals surface area contributed by atoms with Crippen molar-refractivity contribution in [3.8, 4) is 0 Å². The molecule has 0 aromatic carbocycles. The molecule has 0 aliphatic heterocycles. The molecule has 0 fully saturated rings. The number of hydrogen-bond donors (Lipinski definition) is 2. The van der Waals surface area contributed by atoms with Gasteiger partial charge in [-0.05, 0) is 26.3 Å². The van der Waals surface area contributed by atoms with E-state index in [-0.39, 0.29) is 12.5 Å². The highest BCUT2D eigenvalue weighted by atomic mass is 16.3. The number of aliphatic hydroxyl groups is 1. The number of aliphatic hydroxyl groups excluding tert-OH is 1. The fourth-order valence-corrected chi connectivity index (χ4v) is 1.74. The van der Waals surface area contributed by atoms with Crippen LogP contribution >= 0.6 is 0 Å². The minimum Gasteiger partial charge on any atom is -0.396 e. The standard InChI is InChI=1S/C13H21N3O2/c1-3-15-12-6-7-14-10-11(12)13(18)16(4-2)8-5-9-17/h6-7,10,17H,3-5,8-9H2,1-2H3,(H,14,15). The van der Waals surface area contributed by atoms with E-state index < -0.39 is 0 Å². The van der Waals surface area contributed by atoms with Gasteiger partial charge in [0.05, 0.1) is 11.3 Å². The Morgan fingerprint density at radius 1 is 1.50 bits per heavy atom. The predicted molar refractivity (Wildman–Crippen MR) is 71.7 cm³/mol. The molecule has 0 bridgehead atoms. The molecule has 0 saturated heterocycles. The Labute approximate surface area is 108 Å². The monoisotopic (exact) mass is 251 g/mol. The first-order valence-electron chi connectivity index (χ1n) is 6.32. The van der Waals surface area contributed by atoms with Crippen molar-refractivity contribution < 1.29 is 9.90 Å². The van der Waals surface area contributed by atoms with Gasteiger partial charge in [-0.1, -0.05) is 0 Å². The molecule has 0 saturated carbocycles. The molecule has 1 aromatic rings. The maximum absolute atomic E-state index is 12.3. The molecule has 0 atom stereocenters. The van der Waals surface area contributed by atoms with Crippen LogP contribution in [0.2, 0.25) is 0 Å². The van der Waals surface area contributed by atoms with Gasteiger partial charge in [0.1, 0.15) is 0 Å². The number of nitrogens with zero attached hydrogens (tertiary/aromatic N) is 2. The van der Waals surface area contributed by atoms with Gasteiger partial charge in [0, 0.05) is 38.6 Å². The molecule has 100 valence electrons. The van der Waals surface area contributed by atoms with Crippen LogP contribution in [0.5, 0.6) is 0 Å².